The second kappa shape index (κ2) is 11.9. The van der Waals surface area contributed by atoms with Crippen LogP contribution in [0.15, 0.2) is 152 Å². The van der Waals surface area contributed by atoms with Gasteiger partial charge in [0.1, 0.15) is 0 Å². The number of aryl methyl sites for hydroxylation is 1. The number of rotatable bonds is 5. The first-order valence-corrected chi connectivity index (χ1v) is 19.4. The zero-order valence-corrected chi connectivity index (χ0v) is 31.2. The van der Waals surface area contributed by atoms with E-state index in [1.165, 1.54) is 102 Å². The van der Waals surface area contributed by atoms with E-state index in [0.29, 0.717) is 0 Å². The fraction of sp³-hybridized carbons (Fsp3) is 0.192. The van der Waals surface area contributed by atoms with Gasteiger partial charge in [0.25, 0.3) is 0 Å². The lowest BCUT2D eigenvalue weighted by Crippen LogP contribution is -2.18. The molecule has 0 radical (unpaired) electrons. The SMILES string of the molecule is CC1(C)c2ccccc2-c2ccc(N(c3ccc(-c4ccccc4)cc3)c3cc4c(cc3-c3cccc5c3CCCC5)-c3ccccc3C4(C)C)cc21. The number of hydrogen-bond acceptors (Lipinski definition) is 1. The third-order valence-electron chi connectivity index (χ3n) is 12.7. The zero-order valence-electron chi connectivity index (χ0n) is 31.2. The van der Waals surface area contributed by atoms with E-state index in [2.05, 4.69) is 184 Å². The number of benzene rings is 7. The van der Waals surface area contributed by atoms with Gasteiger partial charge < -0.3 is 4.90 Å². The Kier molecular flexibility index (Phi) is 7.21. The highest BCUT2D eigenvalue weighted by Crippen LogP contribution is 2.55. The van der Waals surface area contributed by atoms with E-state index in [1.54, 1.807) is 0 Å². The Balaban J connectivity index is 1.25. The van der Waals surface area contributed by atoms with Crippen molar-refractivity contribution in [1.29, 1.82) is 0 Å². The molecule has 7 aromatic rings. The predicted octanol–water partition coefficient (Wildman–Crippen LogP) is 14.0. The van der Waals surface area contributed by atoms with Gasteiger partial charge in [0.15, 0.2) is 0 Å². The summed E-state index contributed by atoms with van der Waals surface area (Å²) in [6.45, 7) is 9.58. The molecule has 0 amide bonds. The summed E-state index contributed by atoms with van der Waals surface area (Å²) in [6.07, 6.45) is 4.79. The van der Waals surface area contributed by atoms with E-state index in [0.717, 1.165) is 18.5 Å². The molecule has 0 bridgehead atoms. The smallest absolute Gasteiger partial charge is 0.0543 e. The van der Waals surface area contributed by atoms with Gasteiger partial charge in [-0.25, -0.2) is 0 Å². The van der Waals surface area contributed by atoms with Crippen molar-refractivity contribution in [3.63, 3.8) is 0 Å². The second-order valence-electron chi connectivity index (χ2n) is 16.4. The van der Waals surface area contributed by atoms with E-state index in [1.807, 2.05) is 0 Å². The molecule has 10 rings (SSSR count). The predicted molar refractivity (Wildman–Crippen MR) is 224 cm³/mol. The first kappa shape index (κ1) is 32.0. The molecule has 1 nitrogen and oxygen atoms in total. The van der Waals surface area contributed by atoms with Crippen LogP contribution in [0.25, 0.3) is 44.5 Å². The Morgan fingerprint density at radius 2 is 0.962 bits per heavy atom. The van der Waals surface area contributed by atoms with Crippen LogP contribution in [0.3, 0.4) is 0 Å². The molecule has 258 valence electrons. The molecular weight excluding hydrogens is 639 g/mol. The fourth-order valence-corrected chi connectivity index (χ4v) is 9.86. The van der Waals surface area contributed by atoms with Crippen LogP contribution in [0.2, 0.25) is 0 Å². The number of nitrogens with zero attached hydrogens (tertiary/aromatic N) is 1. The summed E-state index contributed by atoms with van der Waals surface area (Å²) < 4.78 is 0. The third-order valence-corrected chi connectivity index (χ3v) is 12.7. The van der Waals surface area contributed by atoms with Gasteiger partial charge in [-0.15, -0.1) is 0 Å². The van der Waals surface area contributed by atoms with Crippen LogP contribution in [0.5, 0.6) is 0 Å². The van der Waals surface area contributed by atoms with Crippen molar-refractivity contribution in [1.82, 2.24) is 0 Å². The Morgan fingerprint density at radius 3 is 1.70 bits per heavy atom. The maximum Gasteiger partial charge on any atom is 0.0543 e. The van der Waals surface area contributed by atoms with Crippen molar-refractivity contribution in [2.75, 3.05) is 4.90 Å². The molecule has 53 heavy (non-hydrogen) atoms. The highest BCUT2D eigenvalue weighted by Gasteiger charge is 2.39. The molecule has 0 aromatic heterocycles. The van der Waals surface area contributed by atoms with Crippen molar-refractivity contribution >= 4 is 17.1 Å². The zero-order chi connectivity index (χ0) is 35.9. The average Bonchev–Trinajstić information content (AvgIpc) is 3.57. The fourth-order valence-electron chi connectivity index (χ4n) is 9.86. The first-order valence-electron chi connectivity index (χ1n) is 19.4. The molecular formula is C52H45N. The largest absolute Gasteiger partial charge is 0.310 e. The van der Waals surface area contributed by atoms with Gasteiger partial charge in [0.05, 0.1) is 5.69 Å². The maximum atomic E-state index is 2.56. The number of fused-ring (bicyclic) bond motifs is 7. The number of anilines is 3. The van der Waals surface area contributed by atoms with Gasteiger partial charge in [0.2, 0.25) is 0 Å². The van der Waals surface area contributed by atoms with Crippen molar-refractivity contribution in [2.45, 2.75) is 64.2 Å². The molecule has 0 spiro atoms. The van der Waals surface area contributed by atoms with Crippen LogP contribution in [0, 0.1) is 0 Å². The van der Waals surface area contributed by atoms with Crippen LogP contribution in [-0.2, 0) is 23.7 Å². The van der Waals surface area contributed by atoms with Crippen LogP contribution < -0.4 is 4.90 Å². The Morgan fingerprint density at radius 1 is 0.396 bits per heavy atom. The third kappa shape index (κ3) is 4.90. The van der Waals surface area contributed by atoms with Gasteiger partial charge in [0, 0.05) is 27.8 Å². The van der Waals surface area contributed by atoms with E-state index >= 15 is 0 Å². The Bertz CT molecular complexity index is 2550. The van der Waals surface area contributed by atoms with Crippen LogP contribution in [0.1, 0.15) is 73.9 Å². The Hall–Kier alpha value is -5.66. The van der Waals surface area contributed by atoms with Gasteiger partial charge >= 0.3 is 0 Å². The van der Waals surface area contributed by atoms with Gasteiger partial charge in [-0.05, 0) is 134 Å². The van der Waals surface area contributed by atoms with Gasteiger partial charge in [-0.1, -0.05) is 143 Å². The molecule has 3 aliphatic rings. The van der Waals surface area contributed by atoms with E-state index in [9.17, 15) is 0 Å². The van der Waals surface area contributed by atoms with Crippen LogP contribution in [0.4, 0.5) is 17.1 Å². The van der Waals surface area contributed by atoms with Crippen molar-refractivity contribution < 1.29 is 0 Å². The molecule has 0 unspecified atom stereocenters. The van der Waals surface area contributed by atoms with Gasteiger partial charge in [-0.3, -0.25) is 0 Å². The molecule has 0 saturated heterocycles. The highest BCUT2D eigenvalue weighted by atomic mass is 15.1. The summed E-state index contributed by atoms with van der Waals surface area (Å²) in [6, 6.07) is 57.4. The molecule has 0 fully saturated rings. The minimum atomic E-state index is -0.125. The molecule has 1 heteroatoms. The normalized spacial score (nSPS) is 15.5. The molecule has 7 aromatic carbocycles. The Labute approximate surface area is 314 Å². The summed E-state index contributed by atoms with van der Waals surface area (Å²) in [5.74, 6) is 0. The van der Waals surface area contributed by atoms with Crippen LogP contribution in [-0.4, -0.2) is 0 Å². The van der Waals surface area contributed by atoms with Crippen molar-refractivity contribution in [3.05, 3.63) is 185 Å². The van der Waals surface area contributed by atoms with E-state index < -0.39 is 0 Å². The molecule has 3 aliphatic carbocycles. The lowest BCUT2D eigenvalue weighted by atomic mass is 9.80. The summed E-state index contributed by atoms with van der Waals surface area (Å²) in [7, 11) is 0. The lowest BCUT2D eigenvalue weighted by Gasteiger charge is -2.32. The van der Waals surface area contributed by atoms with E-state index in [4.69, 9.17) is 0 Å². The first-order chi connectivity index (χ1) is 25.8. The van der Waals surface area contributed by atoms with Gasteiger partial charge in [-0.2, -0.15) is 0 Å². The lowest BCUT2D eigenvalue weighted by molar-refractivity contribution is 0.660. The summed E-state index contributed by atoms with van der Waals surface area (Å²) in [5.41, 5.74) is 22.6. The van der Waals surface area contributed by atoms with Crippen molar-refractivity contribution in [2.24, 2.45) is 0 Å². The summed E-state index contributed by atoms with van der Waals surface area (Å²) in [4.78, 5) is 2.56. The quantitative estimate of drug-likeness (QED) is 0.175. The molecule has 0 saturated carbocycles. The van der Waals surface area contributed by atoms with E-state index in [-0.39, 0.29) is 10.8 Å². The summed E-state index contributed by atoms with van der Waals surface area (Å²) in [5, 5.41) is 0. The molecule has 0 heterocycles. The standard InChI is InChI=1S/C52H45N/c1-51(2)46-23-12-10-20-41(46)43-30-29-38(31-48(43)51)53(37-27-25-35(26-28-37)34-15-6-5-7-16-34)50-33-49-44(42-21-11-13-24-47(42)52(49,3)4)32-45(50)40-22-14-18-36-17-8-9-19-39(36)40/h5-7,10-16,18,20-33H,8-9,17,19H2,1-4H3. The minimum absolute atomic E-state index is 0.103. The molecule has 0 aliphatic heterocycles. The van der Waals surface area contributed by atoms with Crippen LogP contribution >= 0.6 is 0 Å². The second-order valence-corrected chi connectivity index (χ2v) is 16.4. The maximum absolute atomic E-state index is 2.56. The summed E-state index contributed by atoms with van der Waals surface area (Å²) >= 11 is 0. The minimum Gasteiger partial charge on any atom is -0.310 e. The average molecular weight is 684 g/mol. The monoisotopic (exact) mass is 683 g/mol. The highest BCUT2D eigenvalue weighted by molar-refractivity contribution is 5.96. The molecule has 0 N–H and O–H groups in total. The number of hydrogen-bond donors (Lipinski definition) is 0. The topological polar surface area (TPSA) is 3.24 Å². The molecule has 0 atom stereocenters. The van der Waals surface area contributed by atoms with Crippen molar-refractivity contribution in [3.8, 4) is 44.5 Å².